The van der Waals surface area contributed by atoms with E-state index >= 15 is 0 Å². The molecule has 0 aliphatic carbocycles. The Morgan fingerprint density at radius 2 is 2.16 bits per heavy atom. The monoisotopic (exact) mass is 270 g/mol. The van der Waals surface area contributed by atoms with Crippen LogP contribution in [-0.2, 0) is 9.53 Å². The third kappa shape index (κ3) is 4.09. The van der Waals surface area contributed by atoms with Crippen LogP contribution in [-0.4, -0.2) is 42.4 Å². The van der Waals surface area contributed by atoms with Gasteiger partial charge in [-0.1, -0.05) is 6.92 Å². The van der Waals surface area contributed by atoms with Crippen molar-refractivity contribution >= 4 is 12.0 Å². The standard InChI is InChI=1S/C13H22N2O4/c1-8(4-12(16)17)6-14-13(18)15-7-9-5-10-2-3-11(9)19-10/h8-11H,2-7H2,1H3,(H,16,17)(H2,14,15,18). The summed E-state index contributed by atoms with van der Waals surface area (Å²) in [5.41, 5.74) is 0. The largest absolute Gasteiger partial charge is 0.481 e. The lowest BCUT2D eigenvalue weighted by atomic mass is 9.89. The van der Waals surface area contributed by atoms with Gasteiger partial charge in [0, 0.05) is 25.4 Å². The minimum Gasteiger partial charge on any atom is -0.481 e. The second-order valence-electron chi connectivity index (χ2n) is 5.66. The van der Waals surface area contributed by atoms with Crippen LogP contribution in [0.15, 0.2) is 0 Å². The Hall–Kier alpha value is -1.30. The lowest BCUT2D eigenvalue weighted by molar-refractivity contribution is -0.137. The molecule has 4 unspecified atom stereocenters. The molecule has 0 aromatic carbocycles. The predicted octanol–water partition coefficient (Wildman–Crippen LogP) is 0.964. The molecule has 6 heteroatoms. The quantitative estimate of drug-likeness (QED) is 0.671. The second kappa shape index (κ2) is 6.23. The molecular formula is C13H22N2O4. The molecule has 0 aromatic rings. The Morgan fingerprint density at radius 3 is 2.74 bits per heavy atom. The van der Waals surface area contributed by atoms with Gasteiger partial charge < -0.3 is 20.5 Å². The van der Waals surface area contributed by atoms with Crippen LogP contribution in [0.1, 0.15) is 32.6 Å². The number of carbonyl (C=O) groups excluding carboxylic acids is 1. The molecule has 0 spiro atoms. The van der Waals surface area contributed by atoms with Gasteiger partial charge in [0.05, 0.1) is 12.2 Å². The lowest BCUT2D eigenvalue weighted by Crippen LogP contribution is -2.41. The van der Waals surface area contributed by atoms with E-state index in [0.717, 1.165) is 19.3 Å². The molecule has 2 bridgehead atoms. The first-order valence-electron chi connectivity index (χ1n) is 6.93. The van der Waals surface area contributed by atoms with Crippen LogP contribution >= 0.6 is 0 Å². The number of ether oxygens (including phenoxy) is 1. The normalized spacial score (nSPS) is 30.1. The molecule has 0 radical (unpaired) electrons. The minimum absolute atomic E-state index is 0.0610. The summed E-state index contributed by atoms with van der Waals surface area (Å²) in [7, 11) is 0. The van der Waals surface area contributed by atoms with E-state index in [1.54, 1.807) is 6.92 Å². The number of carboxylic acid groups (broad SMARTS) is 1. The molecule has 4 atom stereocenters. The number of hydrogen-bond acceptors (Lipinski definition) is 3. The molecule has 2 aliphatic rings. The summed E-state index contributed by atoms with van der Waals surface area (Å²) in [6.45, 7) is 2.82. The number of rotatable bonds is 6. The van der Waals surface area contributed by atoms with E-state index in [4.69, 9.17) is 9.84 Å². The Kier molecular flexibility index (Phi) is 4.63. The van der Waals surface area contributed by atoms with E-state index in [0.29, 0.717) is 31.2 Å². The highest BCUT2D eigenvalue weighted by atomic mass is 16.5. The van der Waals surface area contributed by atoms with Crippen molar-refractivity contribution in [1.29, 1.82) is 0 Å². The Labute approximate surface area is 112 Å². The molecule has 19 heavy (non-hydrogen) atoms. The summed E-state index contributed by atoms with van der Waals surface area (Å²) in [6, 6.07) is -0.222. The van der Waals surface area contributed by atoms with Gasteiger partial charge in [-0.3, -0.25) is 4.79 Å². The van der Waals surface area contributed by atoms with Crippen molar-refractivity contribution < 1.29 is 19.4 Å². The number of carboxylic acids is 1. The summed E-state index contributed by atoms with van der Waals surface area (Å²) in [5, 5.41) is 14.2. The molecule has 0 saturated carbocycles. The van der Waals surface area contributed by atoms with Crippen LogP contribution in [0.2, 0.25) is 0 Å². The summed E-state index contributed by atoms with van der Waals surface area (Å²) in [5.74, 6) is -0.469. The molecule has 2 saturated heterocycles. The topological polar surface area (TPSA) is 87.7 Å². The highest BCUT2D eigenvalue weighted by molar-refractivity contribution is 5.74. The highest BCUT2D eigenvalue weighted by Crippen LogP contribution is 2.38. The van der Waals surface area contributed by atoms with Gasteiger partial charge >= 0.3 is 12.0 Å². The third-order valence-electron chi connectivity index (χ3n) is 3.89. The maximum atomic E-state index is 11.6. The molecule has 2 fully saturated rings. The fourth-order valence-corrected chi connectivity index (χ4v) is 2.88. The van der Waals surface area contributed by atoms with Gasteiger partial charge in [0.25, 0.3) is 0 Å². The van der Waals surface area contributed by atoms with Crippen LogP contribution in [0.4, 0.5) is 4.79 Å². The van der Waals surface area contributed by atoms with Crippen LogP contribution in [0, 0.1) is 11.8 Å². The number of nitrogens with one attached hydrogen (secondary N) is 2. The molecule has 0 aromatic heterocycles. The fraction of sp³-hybridized carbons (Fsp3) is 0.846. The van der Waals surface area contributed by atoms with Crippen molar-refractivity contribution in [3.05, 3.63) is 0 Å². The molecule has 6 nitrogen and oxygen atoms in total. The Morgan fingerprint density at radius 1 is 1.37 bits per heavy atom. The molecule has 2 heterocycles. The van der Waals surface area contributed by atoms with Crippen LogP contribution in [0.5, 0.6) is 0 Å². The number of amides is 2. The Bertz CT molecular complexity index is 348. The van der Waals surface area contributed by atoms with Crippen molar-refractivity contribution in [2.75, 3.05) is 13.1 Å². The van der Waals surface area contributed by atoms with Gasteiger partial charge in [0.2, 0.25) is 0 Å². The van der Waals surface area contributed by atoms with E-state index in [2.05, 4.69) is 10.6 Å². The first-order chi connectivity index (χ1) is 9.04. The van der Waals surface area contributed by atoms with E-state index in [-0.39, 0.29) is 18.4 Å². The van der Waals surface area contributed by atoms with Gasteiger partial charge in [0.15, 0.2) is 0 Å². The van der Waals surface area contributed by atoms with Gasteiger partial charge in [-0.25, -0.2) is 4.79 Å². The van der Waals surface area contributed by atoms with Gasteiger partial charge in [0.1, 0.15) is 0 Å². The van der Waals surface area contributed by atoms with Crippen LogP contribution < -0.4 is 10.6 Å². The zero-order valence-electron chi connectivity index (χ0n) is 11.2. The molecular weight excluding hydrogens is 248 g/mol. The first kappa shape index (κ1) is 14.1. The maximum absolute atomic E-state index is 11.6. The van der Waals surface area contributed by atoms with Gasteiger partial charge in [-0.15, -0.1) is 0 Å². The maximum Gasteiger partial charge on any atom is 0.314 e. The number of carbonyl (C=O) groups is 2. The zero-order chi connectivity index (χ0) is 13.8. The van der Waals surface area contributed by atoms with Crippen LogP contribution in [0.25, 0.3) is 0 Å². The summed E-state index contributed by atoms with van der Waals surface area (Å²) < 4.78 is 5.72. The fourth-order valence-electron chi connectivity index (χ4n) is 2.88. The van der Waals surface area contributed by atoms with Crippen molar-refractivity contribution in [3.8, 4) is 0 Å². The van der Waals surface area contributed by atoms with Crippen molar-refractivity contribution in [1.82, 2.24) is 10.6 Å². The average Bonchev–Trinajstić information content (AvgIpc) is 2.95. The summed E-state index contributed by atoms with van der Waals surface area (Å²) >= 11 is 0. The number of hydrogen-bond donors (Lipinski definition) is 3. The third-order valence-corrected chi connectivity index (χ3v) is 3.89. The molecule has 2 aliphatic heterocycles. The Balaban J connectivity index is 1.58. The van der Waals surface area contributed by atoms with E-state index in [1.165, 1.54) is 0 Å². The van der Waals surface area contributed by atoms with Crippen molar-refractivity contribution in [2.24, 2.45) is 11.8 Å². The van der Waals surface area contributed by atoms with E-state index < -0.39 is 5.97 Å². The predicted molar refractivity (Wildman–Crippen MR) is 68.8 cm³/mol. The smallest absolute Gasteiger partial charge is 0.314 e. The molecule has 2 rings (SSSR count). The van der Waals surface area contributed by atoms with Crippen LogP contribution in [0.3, 0.4) is 0 Å². The molecule has 2 amide bonds. The SMILES string of the molecule is CC(CNC(=O)NCC1CC2CCC1O2)CC(=O)O. The summed E-state index contributed by atoms with van der Waals surface area (Å²) in [6.07, 6.45) is 4.08. The van der Waals surface area contributed by atoms with Crippen molar-refractivity contribution in [3.63, 3.8) is 0 Å². The van der Waals surface area contributed by atoms with Gasteiger partial charge in [-0.05, 0) is 25.2 Å². The van der Waals surface area contributed by atoms with E-state index in [1.807, 2.05) is 0 Å². The zero-order valence-corrected chi connectivity index (χ0v) is 11.2. The number of fused-ring (bicyclic) bond motifs is 2. The minimum atomic E-state index is -0.839. The molecule has 108 valence electrons. The van der Waals surface area contributed by atoms with Gasteiger partial charge in [-0.2, -0.15) is 0 Å². The average molecular weight is 270 g/mol. The van der Waals surface area contributed by atoms with E-state index in [9.17, 15) is 9.59 Å². The first-order valence-corrected chi connectivity index (χ1v) is 6.93. The number of aliphatic carboxylic acids is 1. The second-order valence-corrected chi connectivity index (χ2v) is 5.66. The van der Waals surface area contributed by atoms with Crippen molar-refractivity contribution in [2.45, 2.75) is 44.8 Å². The summed E-state index contributed by atoms with van der Waals surface area (Å²) in [4.78, 5) is 22.1. The lowest BCUT2D eigenvalue weighted by Gasteiger charge is -2.19. The molecule has 3 N–H and O–H groups in total. The number of urea groups is 1. The highest BCUT2D eigenvalue weighted by Gasteiger charge is 2.40.